The molecule has 0 spiro atoms. The molecule has 0 N–H and O–H groups in total. The molecular weight excluding hydrogens is 235 g/mol. The van der Waals surface area contributed by atoms with E-state index in [2.05, 4.69) is 19.2 Å². The van der Waals surface area contributed by atoms with Crippen LogP contribution in [0.3, 0.4) is 0 Å². The minimum absolute atomic E-state index is 0.106. The maximum atomic E-state index is 13.5. The molecule has 0 radical (unpaired) electrons. The fourth-order valence-electron chi connectivity index (χ4n) is 2.81. The summed E-state index contributed by atoms with van der Waals surface area (Å²) >= 11 is 0. The van der Waals surface area contributed by atoms with E-state index < -0.39 is 0 Å². The Hall–Kier alpha value is -1.89. The molecule has 1 aromatic rings. The lowest BCUT2D eigenvalue weighted by Gasteiger charge is -2.16. The van der Waals surface area contributed by atoms with Crippen molar-refractivity contribution in [2.45, 2.75) is 26.2 Å². The Morgan fingerprint density at radius 1 is 1.42 bits per heavy atom. The molecule has 1 aliphatic carbocycles. The molecule has 0 aliphatic heterocycles. The molecule has 0 amide bonds. The van der Waals surface area contributed by atoms with Crippen molar-refractivity contribution in [2.24, 2.45) is 0 Å². The minimum atomic E-state index is -0.194. The molecule has 1 heteroatoms. The number of rotatable bonds is 4. The van der Waals surface area contributed by atoms with Gasteiger partial charge in [-0.2, -0.15) is 0 Å². The summed E-state index contributed by atoms with van der Waals surface area (Å²) in [5.74, 6) is -0.0874. The monoisotopic (exact) mass is 254 g/mol. The number of allylic oxidation sites excluding steroid dienone is 6. The average molecular weight is 254 g/mol. The summed E-state index contributed by atoms with van der Waals surface area (Å²) in [7, 11) is 0. The van der Waals surface area contributed by atoms with E-state index in [0.29, 0.717) is 0 Å². The second-order valence-corrected chi connectivity index (χ2v) is 4.93. The second kappa shape index (κ2) is 5.40. The molecule has 1 unspecified atom stereocenters. The summed E-state index contributed by atoms with van der Waals surface area (Å²) in [5, 5.41) is 0. The Morgan fingerprint density at radius 3 is 2.74 bits per heavy atom. The second-order valence-electron chi connectivity index (χ2n) is 4.93. The summed E-state index contributed by atoms with van der Waals surface area (Å²) in [4.78, 5) is 0. The van der Waals surface area contributed by atoms with Gasteiger partial charge in [-0.05, 0) is 54.7 Å². The zero-order valence-electron chi connectivity index (χ0n) is 11.5. The Bertz CT molecular complexity index is 588. The summed E-state index contributed by atoms with van der Waals surface area (Å²) in [6.45, 7) is 12.0. The number of hydrogen-bond acceptors (Lipinski definition) is 0. The smallest absolute Gasteiger partial charge is 0.123 e. The van der Waals surface area contributed by atoms with Crippen molar-refractivity contribution < 1.29 is 4.39 Å². The van der Waals surface area contributed by atoms with Gasteiger partial charge in [-0.1, -0.05) is 43.0 Å². The number of halogens is 1. The molecule has 0 heterocycles. The lowest BCUT2D eigenvalue weighted by molar-refractivity contribution is 0.625. The number of fused-ring (bicyclic) bond motifs is 1. The van der Waals surface area contributed by atoms with E-state index >= 15 is 0 Å². The first kappa shape index (κ1) is 13.5. The van der Waals surface area contributed by atoms with Gasteiger partial charge in [-0.3, -0.25) is 0 Å². The van der Waals surface area contributed by atoms with Gasteiger partial charge in [-0.25, -0.2) is 4.39 Å². The molecule has 98 valence electrons. The Morgan fingerprint density at radius 2 is 2.16 bits per heavy atom. The van der Waals surface area contributed by atoms with Gasteiger partial charge in [-0.15, -0.1) is 0 Å². The third-order valence-electron chi connectivity index (χ3n) is 3.58. The highest BCUT2D eigenvalue weighted by Crippen LogP contribution is 2.47. The molecule has 2 rings (SSSR count). The predicted molar refractivity (Wildman–Crippen MR) is 80.5 cm³/mol. The summed E-state index contributed by atoms with van der Waals surface area (Å²) in [5.41, 5.74) is 5.54. The van der Waals surface area contributed by atoms with Crippen LogP contribution in [0.4, 0.5) is 4.39 Å². The first-order valence-electron chi connectivity index (χ1n) is 6.52. The van der Waals surface area contributed by atoms with Crippen molar-refractivity contribution in [3.8, 4) is 0 Å². The number of benzene rings is 1. The summed E-state index contributed by atoms with van der Waals surface area (Å²) in [6.07, 6.45) is 6.88. The molecule has 19 heavy (non-hydrogen) atoms. The molecule has 0 saturated carbocycles. The quantitative estimate of drug-likeness (QED) is 0.631. The Balaban J connectivity index is 2.62. The van der Waals surface area contributed by atoms with Gasteiger partial charge in [0.2, 0.25) is 0 Å². The van der Waals surface area contributed by atoms with Gasteiger partial charge in [0.05, 0.1) is 0 Å². The van der Waals surface area contributed by atoms with Crippen LogP contribution in [-0.4, -0.2) is 0 Å². The first-order chi connectivity index (χ1) is 9.10. The highest BCUT2D eigenvalue weighted by Gasteiger charge is 2.29. The molecular formula is C18H19F. The molecule has 1 aromatic carbocycles. The Kier molecular flexibility index (Phi) is 3.84. The van der Waals surface area contributed by atoms with Crippen LogP contribution in [0.1, 0.15) is 37.3 Å². The van der Waals surface area contributed by atoms with E-state index in [1.807, 2.05) is 32.1 Å². The van der Waals surface area contributed by atoms with Crippen molar-refractivity contribution >= 4 is 5.57 Å². The van der Waals surface area contributed by atoms with Crippen LogP contribution in [0, 0.1) is 5.82 Å². The third kappa shape index (κ3) is 2.33. The van der Waals surface area contributed by atoms with E-state index in [1.165, 1.54) is 11.6 Å². The number of hydrogen-bond donors (Lipinski definition) is 0. The van der Waals surface area contributed by atoms with E-state index in [1.54, 1.807) is 6.07 Å². The van der Waals surface area contributed by atoms with Crippen LogP contribution in [-0.2, 0) is 0 Å². The van der Waals surface area contributed by atoms with Crippen LogP contribution in [0.15, 0.2) is 60.7 Å². The summed E-state index contributed by atoms with van der Waals surface area (Å²) in [6, 6.07) is 4.98. The topological polar surface area (TPSA) is 0 Å². The van der Waals surface area contributed by atoms with Gasteiger partial charge < -0.3 is 0 Å². The molecule has 0 nitrogen and oxygen atoms in total. The summed E-state index contributed by atoms with van der Waals surface area (Å²) < 4.78 is 13.5. The van der Waals surface area contributed by atoms with E-state index in [-0.39, 0.29) is 11.7 Å². The van der Waals surface area contributed by atoms with Crippen molar-refractivity contribution in [3.05, 3.63) is 77.7 Å². The fraction of sp³-hybridized carbons (Fsp3) is 0.222. The fourth-order valence-corrected chi connectivity index (χ4v) is 2.81. The van der Waals surface area contributed by atoms with Crippen molar-refractivity contribution in [3.63, 3.8) is 0 Å². The molecule has 0 bridgehead atoms. The predicted octanol–water partition coefficient (Wildman–Crippen LogP) is 5.40. The van der Waals surface area contributed by atoms with Crippen molar-refractivity contribution in [1.82, 2.24) is 0 Å². The van der Waals surface area contributed by atoms with E-state index in [4.69, 9.17) is 0 Å². The highest BCUT2D eigenvalue weighted by molar-refractivity contribution is 5.85. The maximum Gasteiger partial charge on any atom is 0.123 e. The van der Waals surface area contributed by atoms with Crippen LogP contribution >= 0.6 is 0 Å². The van der Waals surface area contributed by atoms with Gasteiger partial charge in [0.1, 0.15) is 5.82 Å². The van der Waals surface area contributed by atoms with Crippen molar-refractivity contribution in [2.75, 3.05) is 0 Å². The van der Waals surface area contributed by atoms with E-state index in [0.717, 1.165) is 28.7 Å². The average Bonchev–Trinajstić information content (AvgIpc) is 2.68. The molecule has 0 saturated heterocycles. The van der Waals surface area contributed by atoms with Gasteiger partial charge in [0.25, 0.3) is 0 Å². The molecule has 1 atom stereocenters. The van der Waals surface area contributed by atoms with Crippen LogP contribution in [0.5, 0.6) is 0 Å². The van der Waals surface area contributed by atoms with Gasteiger partial charge >= 0.3 is 0 Å². The molecule has 1 aliphatic rings. The van der Waals surface area contributed by atoms with Gasteiger partial charge in [0.15, 0.2) is 0 Å². The van der Waals surface area contributed by atoms with Crippen LogP contribution in [0.2, 0.25) is 0 Å². The van der Waals surface area contributed by atoms with E-state index in [9.17, 15) is 4.39 Å². The third-order valence-corrected chi connectivity index (χ3v) is 3.58. The van der Waals surface area contributed by atoms with Crippen molar-refractivity contribution in [1.29, 1.82) is 0 Å². The van der Waals surface area contributed by atoms with Crippen LogP contribution in [0.25, 0.3) is 5.57 Å². The standard InChI is InChI=1S/C18H19F/c1-5-7-8-16-14(6-2)15-10-9-13(19)11-17(15)18(16)12(3)4/h5-7,9-11,18H,2-3,8H2,1,4H3/b7-5-. The lowest BCUT2D eigenvalue weighted by Crippen LogP contribution is -2.00. The zero-order valence-corrected chi connectivity index (χ0v) is 11.5. The molecule has 0 fully saturated rings. The van der Waals surface area contributed by atoms with Gasteiger partial charge in [0, 0.05) is 5.92 Å². The zero-order chi connectivity index (χ0) is 14.0. The SMILES string of the molecule is C=CC1=C(C/C=C\C)C(C(=C)C)c2cc(F)ccc21. The normalized spacial score (nSPS) is 17.9. The lowest BCUT2D eigenvalue weighted by atomic mass is 9.88. The minimum Gasteiger partial charge on any atom is -0.207 e. The first-order valence-corrected chi connectivity index (χ1v) is 6.52. The highest BCUT2D eigenvalue weighted by atomic mass is 19.1. The van der Waals surface area contributed by atoms with Crippen LogP contribution < -0.4 is 0 Å². The maximum absolute atomic E-state index is 13.5. The molecule has 0 aromatic heterocycles. The largest absolute Gasteiger partial charge is 0.207 e. The Labute approximate surface area is 114 Å².